The molecule has 1 fully saturated rings. The Balaban J connectivity index is 2.14. The van der Waals surface area contributed by atoms with E-state index in [1.54, 1.807) is 0 Å². The van der Waals surface area contributed by atoms with Crippen LogP contribution in [0, 0.1) is 10.1 Å². The fourth-order valence-electron chi connectivity index (χ4n) is 3.89. The van der Waals surface area contributed by atoms with E-state index in [-0.39, 0.29) is 18.2 Å². The number of pyridine rings is 1. The summed E-state index contributed by atoms with van der Waals surface area (Å²) in [5, 5.41) is 11.3. The lowest BCUT2D eigenvalue weighted by molar-refractivity contribution is -0.389. The highest BCUT2D eigenvalue weighted by atomic mass is 19.4. The number of aromatic nitrogens is 1. The molecule has 0 spiro atoms. The number of anilines is 1. The summed E-state index contributed by atoms with van der Waals surface area (Å²) in [6, 6.07) is 1.58. The number of ether oxygens (including phenoxy) is 1. The van der Waals surface area contributed by atoms with Gasteiger partial charge in [0, 0.05) is 19.2 Å². The van der Waals surface area contributed by atoms with E-state index in [0.29, 0.717) is 0 Å². The Bertz CT molecular complexity index is 1160. The predicted molar refractivity (Wildman–Crippen MR) is 103 cm³/mol. The average molecular weight is 531 g/mol. The summed E-state index contributed by atoms with van der Waals surface area (Å²) < 4.78 is 127. The number of carbonyl (C=O) groups excluding carboxylic acids is 1. The van der Waals surface area contributed by atoms with Crippen LogP contribution in [0.3, 0.4) is 0 Å². The number of methoxy groups -OCH3 is 1. The van der Waals surface area contributed by atoms with Crippen LogP contribution in [-0.2, 0) is 22.5 Å². The third kappa shape index (κ3) is 4.88. The van der Waals surface area contributed by atoms with Crippen LogP contribution in [0.15, 0.2) is 30.3 Å². The zero-order valence-electron chi connectivity index (χ0n) is 17.9. The lowest BCUT2D eigenvalue weighted by Crippen LogP contribution is -2.45. The van der Waals surface area contributed by atoms with Crippen LogP contribution in [0.4, 0.5) is 51.1 Å². The van der Waals surface area contributed by atoms with Crippen LogP contribution in [-0.4, -0.2) is 42.3 Å². The quantitative estimate of drug-likeness (QED) is 0.224. The average Bonchev–Trinajstić information content (AvgIpc) is 3.23. The van der Waals surface area contributed by atoms with Gasteiger partial charge >= 0.3 is 30.3 Å². The van der Waals surface area contributed by atoms with Crippen LogP contribution in [0.5, 0.6) is 0 Å². The number of hydrogen-bond donors (Lipinski definition) is 0. The summed E-state index contributed by atoms with van der Waals surface area (Å²) >= 11 is 0. The molecule has 1 aromatic heterocycles. The van der Waals surface area contributed by atoms with Gasteiger partial charge in [-0.05, 0) is 46.2 Å². The molecule has 16 heteroatoms. The second-order valence-electron chi connectivity index (χ2n) is 7.84. The molecule has 7 nitrogen and oxygen atoms in total. The van der Waals surface area contributed by atoms with E-state index in [1.807, 2.05) is 0 Å². The molecular weight excluding hydrogens is 517 g/mol. The van der Waals surface area contributed by atoms with Crippen molar-refractivity contribution in [3.05, 3.63) is 62.7 Å². The molecule has 0 bridgehead atoms. The van der Waals surface area contributed by atoms with Crippen molar-refractivity contribution in [3.8, 4) is 0 Å². The number of nitro groups is 1. The van der Waals surface area contributed by atoms with Crippen LogP contribution in [0.1, 0.15) is 33.5 Å². The van der Waals surface area contributed by atoms with Crippen molar-refractivity contribution in [1.82, 2.24) is 4.98 Å². The van der Waals surface area contributed by atoms with Gasteiger partial charge in [0.05, 0.1) is 18.2 Å². The fourth-order valence-corrected chi connectivity index (χ4v) is 3.89. The Kier molecular flexibility index (Phi) is 6.61. The first-order valence-electron chi connectivity index (χ1n) is 9.76. The van der Waals surface area contributed by atoms with E-state index in [1.165, 1.54) is 0 Å². The highest BCUT2D eigenvalue weighted by Gasteiger charge is 2.60. The SMILES string of the molecule is COC(=O)c1ccc(N2CCC(c3cc(C(F)(F)F)cc(C(F)(F)F)c3)(C(F)(F)F)C2)nc1[N+](=O)[O-]. The predicted octanol–water partition coefficient (Wildman–Crippen LogP) is 5.52. The van der Waals surface area contributed by atoms with Gasteiger partial charge in [0.15, 0.2) is 5.56 Å². The van der Waals surface area contributed by atoms with Crippen LogP contribution >= 0.6 is 0 Å². The summed E-state index contributed by atoms with van der Waals surface area (Å²) in [4.78, 5) is 26.3. The molecule has 3 rings (SSSR count). The third-order valence-electron chi connectivity index (χ3n) is 5.71. The molecule has 2 heterocycles. The zero-order chi connectivity index (χ0) is 27.3. The smallest absolute Gasteiger partial charge is 0.416 e. The molecule has 1 aliphatic rings. The number of rotatable bonds is 4. The van der Waals surface area contributed by atoms with Crippen molar-refractivity contribution >= 4 is 17.6 Å². The van der Waals surface area contributed by atoms with Crippen LogP contribution < -0.4 is 4.90 Å². The van der Waals surface area contributed by atoms with Gasteiger partial charge in [0.2, 0.25) is 5.82 Å². The molecule has 196 valence electrons. The summed E-state index contributed by atoms with van der Waals surface area (Å²) in [6.45, 7) is -1.75. The zero-order valence-corrected chi connectivity index (χ0v) is 17.9. The molecule has 1 aromatic carbocycles. The van der Waals surface area contributed by atoms with Crippen molar-refractivity contribution in [1.29, 1.82) is 0 Å². The molecule has 1 atom stereocenters. The van der Waals surface area contributed by atoms with Gasteiger partial charge in [-0.15, -0.1) is 0 Å². The molecule has 1 unspecified atom stereocenters. The normalized spacial score (nSPS) is 18.9. The lowest BCUT2D eigenvalue weighted by atomic mass is 9.77. The fraction of sp³-hybridized carbons (Fsp3) is 0.400. The first kappa shape index (κ1) is 27.0. The minimum Gasteiger partial charge on any atom is -0.465 e. The largest absolute Gasteiger partial charge is 0.465 e. The number of alkyl halides is 9. The summed E-state index contributed by atoms with van der Waals surface area (Å²) in [5.74, 6) is -2.65. The molecular formula is C20H14F9N3O4. The van der Waals surface area contributed by atoms with Crippen molar-refractivity contribution in [2.24, 2.45) is 0 Å². The van der Waals surface area contributed by atoms with E-state index < -0.39 is 88.2 Å². The van der Waals surface area contributed by atoms with Crippen molar-refractivity contribution in [3.63, 3.8) is 0 Å². The van der Waals surface area contributed by atoms with E-state index in [0.717, 1.165) is 24.1 Å². The summed E-state index contributed by atoms with van der Waals surface area (Å²) in [7, 11) is 0.919. The standard InChI is InChI=1S/C20H14F9N3O4/c1-36-16(33)13-2-3-14(30-15(13)32(34)35)31-5-4-17(9-31,20(27,28)29)10-6-11(18(21,22)23)8-12(7-10)19(24,25)26/h2-3,6-8H,4-5,9H2,1H3. The molecule has 0 N–H and O–H groups in total. The van der Waals surface area contributed by atoms with Gasteiger partial charge in [-0.2, -0.15) is 39.5 Å². The maximum absolute atomic E-state index is 14.3. The van der Waals surface area contributed by atoms with Gasteiger partial charge in [-0.1, -0.05) is 0 Å². The Labute approximate surface area is 195 Å². The first-order valence-corrected chi connectivity index (χ1v) is 9.76. The Morgan fingerprint density at radius 1 is 1.03 bits per heavy atom. The lowest BCUT2D eigenvalue weighted by Gasteiger charge is -2.33. The highest BCUT2D eigenvalue weighted by Crippen LogP contribution is 2.50. The molecule has 36 heavy (non-hydrogen) atoms. The Morgan fingerprint density at radius 2 is 1.58 bits per heavy atom. The minimum atomic E-state index is -5.37. The molecule has 0 aliphatic carbocycles. The van der Waals surface area contributed by atoms with Gasteiger partial charge < -0.3 is 19.8 Å². The molecule has 0 saturated carbocycles. The van der Waals surface area contributed by atoms with Crippen molar-refractivity contribution in [2.45, 2.75) is 30.4 Å². The Hall–Kier alpha value is -3.59. The number of benzene rings is 1. The van der Waals surface area contributed by atoms with E-state index in [4.69, 9.17) is 0 Å². The second-order valence-corrected chi connectivity index (χ2v) is 7.84. The second kappa shape index (κ2) is 8.81. The molecule has 0 radical (unpaired) electrons. The molecule has 1 aliphatic heterocycles. The summed E-state index contributed by atoms with van der Waals surface area (Å²) in [5.41, 5.74) is -8.89. The number of hydrogen-bond acceptors (Lipinski definition) is 6. The maximum Gasteiger partial charge on any atom is 0.416 e. The van der Waals surface area contributed by atoms with Gasteiger partial charge in [-0.25, -0.2) is 4.79 Å². The van der Waals surface area contributed by atoms with E-state index in [9.17, 15) is 54.4 Å². The van der Waals surface area contributed by atoms with Crippen LogP contribution in [0.25, 0.3) is 0 Å². The van der Waals surface area contributed by atoms with E-state index in [2.05, 4.69) is 9.72 Å². The molecule has 1 saturated heterocycles. The molecule has 0 amide bonds. The minimum absolute atomic E-state index is 0.0163. The first-order chi connectivity index (χ1) is 16.4. The van der Waals surface area contributed by atoms with Gasteiger partial charge in [0.1, 0.15) is 5.41 Å². The number of nitrogens with zero attached hydrogens (tertiary/aromatic N) is 3. The number of halogens is 9. The highest BCUT2D eigenvalue weighted by molar-refractivity contribution is 5.93. The van der Waals surface area contributed by atoms with Gasteiger partial charge in [-0.3, -0.25) is 0 Å². The van der Waals surface area contributed by atoms with Crippen molar-refractivity contribution in [2.75, 3.05) is 25.1 Å². The van der Waals surface area contributed by atoms with Gasteiger partial charge in [0.25, 0.3) is 0 Å². The molecule has 2 aromatic rings. The number of carbonyl (C=O) groups is 1. The maximum atomic E-state index is 14.3. The third-order valence-corrected chi connectivity index (χ3v) is 5.71. The monoisotopic (exact) mass is 531 g/mol. The Morgan fingerprint density at radius 3 is 2.03 bits per heavy atom. The van der Waals surface area contributed by atoms with Crippen LogP contribution in [0.2, 0.25) is 0 Å². The van der Waals surface area contributed by atoms with Crippen molar-refractivity contribution < 1.29 is 54.0 Å². The topological polar surface area (TPSA) is 85.6 Å². The number of esters is 1. The van der Waals surface area contributed by atoms with E-state index >= 15 is 0 Å². The summed E-state index contributed by atoms with van der Waals surface area (Å²) in [6.07, 6.45) is -17.0.